The van der Waals surface area contributed by atoms with Gasteiger partial charge in [-0.1, -0.05) is 39.0 Å². The molecule has 0 radical (unpaired) electrons. The Labute approximate surface area is 172 Å². The first-order valence-electron chi connectivity index (χ1n) is 11.8. The van der Waals surface area contributed by atoms with Crippen LogP contribution in [0.4, 0.5) is 0 Å². The molecule has 0 spiro atoms. The zero-order valence-corrected chi connectivity index (χ0v) is 18.2. The van der Waals surface area contributed by atoms with Crippen LogP contribution in [-0.4, -0.2) is 25.7 Å². The van der Waals surface area contributed by atoms with Crippen LogP contribution in [0, 0.1) is 29.6 Å². The molecule has 0 N–H and O–H groups in total. The Kier molecular flexibility index (Phi) is 11.0. The summed E-state index contributed by atoms with van der Waals surface area (Å²) in [6, 6.07) is 0. The summed E-state index contributed by atoms with van der Waals surface area (Å²) < 4.78 is 10.1. The van der Waals surface area contributed by atoms with Crippen molar-refractivity contribution in [2.24, 2.45) is 29.6 Å². The van der Waals surface area contributed by atoms with Gasteiger partial charge in [-0.2, -0.15) is 0 Å². The van der Waals surface area contributed by atoms with Gasteiger partial charge in [0, 0.05) is 6.92 Å². The maximum Gasteiger partial charge on any atom is 0.302 e. The van der Waals surface area contributed by atoms with Crippen LogP contribution < -0.4 is 0 Å². The smallest absolute Gasteiger partial charge is 0.302 e. The number of ether oxygens (including phenoxy) is 2. The summed E-state index contributed by atoms with van der Waals surface area (Å²) in [5.74, 6) is 3.84. The number of hydrogen-bond donors (Lipinski definition) is 0. The monoisotopic (exact) mass is 394 g/mol. The van der Waals surface area contributed by atoms with Crippen LogP contribution in [0.25, 0.3) is 0 Å². The number of hydrogen-bond acceptors (Lipinski definition) is 4. The fourth-order valence-electron chi connectivity index (χ4n) is 5.77. The standard InChI is InChI=1S/C24H42O4/c1-3-4-5-20-6-8-21(9-7-20)22-10-12-23(13-11-22)24(14-16-27-18-25)15-17-28-19(2)26/h18,20-24H,3-17H2,1-2H3. The van der Waals surface area contributed by atoms with Gasteiger partial charge in [-0.3, -0.25) is 9.59 Å². The molecular formula is C24H42O4. The molecule has 162 valence electrons. The minimum absolute atomic E-state index is 0.207. The van der Waals surface area contributed by atoms with Crippen molar-refractivity contribution in [2.45, 2.75) is 97.3 Å². The first-order chi connectivity index (χ1) is 13.6. The van der Waals surface area contributed by atoms with Gasteiger partial charge >= 0.3 is 5.97 Å². The molecule has 1 atom stereocenters. The first-order valence-corrected chi connectivity index (χ1v) is 11.8. The van der Waals surface area contributed by atoms with E-state index in [9.17, 15) is 9.59 Å². The average Bonchev–Trinajstić information content (AvgIpc) is 2.71. The van der Waals surface area contributed by atoms with Gasteiger partial charge < -0.3 is 9.47 Å². The molecule has 2 rings (SSSR count). The van der Waals surface area contributed by atoms with Crippen molar-refractivity contribution >= 4 is 12.4 Å². The van der Waals surface area contributed by atoms with Crippen LogP contribution in [0.1, 0.15) is 97.3 Å². The first kappa shape index (κ1) is 23.2. The van der Waals surface area contributed by atoms with Crippen molar-refractivity contribution in [1.82, 2.24) is 0 Å². The Hall–Kier alpha value is -1.06. The normalized spacial score (nSPS) is 29.1. The molecule has 4 heteroatoms. The lowest BCUT2D eigenvalue weighted by atomic mass is 9.66. The number of carbonyl (C=O) groups is 2. The molecule has 2 fully saturated rings. The van der Waals surface area contributed by atoms with Gasteiger partial charge in [0.2, 0.25) is 0 Å². The van der Waals surface area contributed by atoms with E-state index in [0.717, 1.165) is 30.6 Å². The summed E-state index contributed by atoms with van der Waals surface area (Å²) in [5.41, 5.74) is 0. The van der Waals surface area contributed by atoms with Crippen molar-refractivity contribution < 1.29 is 19.1 Å². The van der Waals surface area contributed by atoms with E-state index >= 15 is 0 Å². The highest BCUT2D eigenvalue weighted by atomic mass is 16.5. The molecule has 0 aromatic carbocycles. The summed E-state index contributed by atoms with van der Waals surface area (Å²) >= 11 is 0. The van der Waals surface area contributed by atoms with Gasteiger partial charge in [0.05, 0.1) is 13.2 Å². The van der Waals surface area contributed by atoms with E-state index < -0.39 is 0 Å². The van der Waals surface area contributed by atoms with Gasteiger partial charge in [-0.15, -0.1) is 0 Å². The molecule has 0 heterocycles. The van der Waals surface area contributed by atoms with Gasteiger partial charge in [-0.05, 0) is 81.0 Å². The zero-order chi connectivity index (χ0) is 20.2. The Bertz CT molecular complexity index is 434. The van der Waals surface area contributed by atoms with E-state index in [1.54, 1.807) is 0 Å². The Morgan fingerprint density at radius 1 is 0.964 bits per heavy atom. The largest absolute Gasteiger partial charge is 0.468 e. The third-order valence-electron chi connectivity index (χ3n) is 7.48. The van der Waals surface area contributed by atoms with Crippen molar-refractivity contribution in [2.75, 3.05) is 13.2 Å². The molecule has 4 nitrogen and oxygen atoms in total. The molecule has 1 unspecified atom stereocenters. The van der Waals surface area contributed by atoms with Crippen LogP contribution in [0.15, 0.2) is 0 Å². The molecule has 0 aromatic rings. The molecule has 0 saturated heterocycles. The lowest BCUT2D eigenvalue weighted by molar-refractivity contribution is -0.141. The molecule has 0 aromatic heterocycles. The van der Waals surface area contributed by atoms with E-state index in [1.165, 1.54) is 77.6 Å². The fourth-order valence-corrected chi connectivity index (χ4v) is 5.77. The van der Waals surface area contributed by atoms with Gasteiger partial charge in [0.15, 0.2) is 0 Å². The third kappa shape index (κ3) is 8.13. The number of rotatable bonds is 12. The van der Waals surface area contributed by atoms with E-state index in [2.05, 4.69) is 6.92 Å². The number of esters is 1. The highest BCUT2D eigenvalue weighted by Crippen LogP contribution is 2.44. The highest BCUT2D eigenvalue weighted by Gasteiger charge is 2.33. The van der Waals surface area contributed by atoms with Crippen molar-refractivity contribution in [3.8, 4) is 0 Å². The second-order valence-electron chi connectivity index (χ2n) is 9.24. The fraction of sp³-hybridized carbons (Fsp3) is 0.917. The summed E-state index contributed by atoms with van der Waals surface area (Å²) in [7, 11) is 0. The van der Waals surface area contributed by atoms with Crippen molar-refractivity contribution in [1.29, 1.82) is 0 Å². The molecule has 28 heavy (non-hydrogen) atoms. The predicted octanol–water partition coefficient (Wildman–Crippen LogP) is 5.92. The van der Waals surface area contributed by atoms with Crippen molar-refractivity contribution in [3.05, 3.63) is 0 Å². The van der Waals surface area contributed by atoms with E-state index in [4.69, 9.17) is 9.47 Å². The lowest BCUT2D eigenvalue weighted by Crippen LogP contribution is -2.29. The van der Waals surface area contributed by atoms with Gasteiger partial charge in [-0.25, -0.2) is 0 Å². The maximum absolute atomic E-state index is 11.1. The predicted molar refractivity (Wildman–Crippen MR) is 112 cm³/mol. The number of unbranched alkanes of at least 4 members (excludes halogenated alkanes) is 1. The van der Waals surface area contributed by atoms with Crippen LogP contribution in [0.5, 0.6) is 0 Å². The lowest BCUT2D eigenvalue weighted by Gasteiger charge is -2.40. The van der Waals surface area contributed by atoms with Gasteiger partial charge in [0.1, 0.15) is 0 Å². The van der Waals surface area contributed by atoms with Crippen molar-refractivity contribution in [3.63, 3.8) is 0 Å². The molecule has 0 amide bonds. The Morgan fingerprint density at radius 2 is 1.57 bits per heavy atom. The Balaban J connectivity index is 1.74. The molecule has 2 saturated carbocycles. The second kappa shape index (κ2) is 13.2. The minimum atomic E-state index is -0.207. The maximum atomic E-state index is 11.1. The molecule has 2 aliphatic rings. The van der Waals surface area contributed by atoms with E-state index in [1.807, 2.05) is 0 Å². The molecule has 0 aliphatic heterocycles. The van der Waals surface area contributed by atoms with E-state index in [-0.39, 0.29) is 5.97 Å². The molecule has 0 bridgehead atoms. The highest BCUT2D eigenvalue weighted by molar-refractivity contribution is 5.65. The van der Waals surface area contributed by atoms with E-state index in [0.29, 0.717) is 31.5 Å². The van der Waals surface area contributed by atoms with Crippen LogP contribution in [0.3, 0.4) is 0 Å². The summed E-state index contributed by atoms with van der Waals surface area (Å²) in [4.78, 5) is 21.5. The average molecular weight is 395 g/mol. The number of carbonyl (C=O) groups excluding carboxylic acids is 2. The van der Waals surface area contributed by atoms with Crippen LogP contribution in [0.2, 0.25) is 0 Å². The minimum Gasteiger partial charge on any atom is -0.468 e. The van der Waals surface area contributed by atoms with Crippen LogP contribution in [-0.2, 0) is 19.1 Å². The topological polar surface area (TPSA) is 52.6 Å². The van der Waals surface area contributed by atoms with Gasteiger partial charge in [0.25, 0.3) is 6.47 Å². The quantitative estimate of drug-likeness (QED) is 0.234. The summed E-state index contributed by atoms with van der Waals surface area (Å²) in [6.07, 6.45) is 17.1. The zero-order valence-electron chi connectivity index (χ0n) is 18.2. The third-order valence-corrected chi connectivity index (χ3v) is 7.48. The molecule has 2 aliphatic carbocycles. The summed E-state index contributed by atoms with van der Waals surface area (Å²) in [5, 5.41) is 0. The SMILES string of the molecule is CCCCC1CCC(C2CCC(C(CCOC=O)CCOC(C)=O)CC2)CC1. The second-order valence-corrected chi connectivity index (χ2v) is 9.24. The summed E-state index contributed by atoms with van der Waals surface area (Å²) in [6.45, 7) is 5.27. The van der Waals surface area contributed by atoms with Crippen LogP contribution >= 0.6 is 0 Å². The Morgan fingerprint density at radius 3 is 2.14 bits per heavy atom. The molecular weight excluding hydrogens is 352 g/mol.